The van der Waals surface area contributed by atoms with Crippen LogP contribution < -0.4 is 5.73 Å². The van der Waals surface area contributed by atoms with Crippen molar-refractivity contribution in [2.45, 2.75) is 13.3 Å². The standard InChI is InChI=1S/C12H13BN2/c1-2-9-3-5-13-11(7-9)12-8-10(14)4-6-15-12/h3-8H,2H2,1H3,(H2,14,15). The van der Waals surface area contributed by atoms with Crippen molar-refractivity contribution in [2.24, 2.45) is 0 Å². The number of hydrogen-bond donors (Lipinski definition) is 1. The molecule has 0 spiro atoms. The summed E-state index contributed by atoms with van der Waals surface area (Å²) in [6, 6.07) is 7.97. The van der Waals surface area contributed by atoms with Crippen LogP contribution in [-0.4, -0.2) is 11.9 Å². The van der Waals surface area contributed by atoms with Crippen LogP contribution in [0.1, 0.15) is 12.5 Å². The van der Waals surface area contributed by atoms with Gasteiger partial charge in [-0.2, -0.15) is 0 Å². The Balaban J connectivity index is 2.44. The first-order chi connectivity index (χ1) is 7.29. The van der Waals surface area contributed by atoms with Gasteiger partial charge in [0.2, 0.25) is 0 Å². The van der Waals surface area contributed by atoms with Gasteiger partial charge in [0, 0.05) is 0 Å². The van der Waals surface area contributed by atoms with Crippen molar-refractivity contribution in [3.63, 3.8) is 0 Å². The van der Waals surface area contributed by atoms with Crippen LogP contribution in [0.5, 0.6) is 0 Å². The number of nitrogen functional groups attached to an aromatic ring is 1. The van der Waals surface area contributed by atoms with Crippen LogP contribution in [0.4, 0.5) is 5.69 Å². The number of nitrogens with zero attached hydrogens (tertiary/aromatic N) is 1. The van der Waals surface area contributed by atoms with E-state index in [4.69, 9.17) is 5.73 Å². The normalized spacial score (nSPS) is 9.93. The van der Waals surface area contributed by atoms with E-state index in [1.165, 1.54) is 5.56 Å². The van der Waals surface area contributed by atoms with Gasteiger partial charge in [0.25, 0.3) is 0 Å². The molecule has 2 rings (SSSR count). The Labute approximate surface area is 90.4 Å². The summed E-state index contributed by atoms with van der Waals surface area (Å²) in [6.07, 6.45) is 2.78. The molecule has 0 unspecified atom stereocenters. The summed E-state index contributed by atoms with van der Waals surface area (Å²) < 4.78 is 0. The van der Waals surface area contributed by atoms with E-state index < -0.39 is 0 Å². The van der Waals surface area contributed by atoms with Crippen LogP contribution in [0.25, 0.3) is 11.2 Å². The molecule has 0 aliphatic rings. The maximum atomic E-state index is 5.73. The van der Waals surface area contributed by atoms with Crippen molar-refractivity contribution in [1.82, 2.24) is 4.98 Å². The van der Waals surface area contributed by atoms with E-state index in [9.17, 15) is 0 Å². The molecule has 0 aliphatic carbocycles. The molecule has 0 atom stereocenters. The Hall–Kier alpha value is -1.64. The first-order valence-electron chi connectivity index (χ1n) is 5.10. The van der Waals surface area contributed by atoms with Gasteiger partial charge in [0.05, 0.1) is 0 Å². The van der Waals surface area contributed by atoms with E-state index in [0.29, 0.717) is 0 Å². The second kappa shape index (κ2) is 4.26. The second-order valence-electron chi connectivity index (χ2n) is 3.53. The molecule has 2 heterocycles. The fraction of sp³-hybridized carbons (Fsp3) is 0.167. The Kier molecular flexibility index (Phi) is 2.81. The SMILES string of the molecule is CCc1ccbc(-c2cc(N)ccn2)c1. The number of aryl methyl sites for hydroxylation is 1. The maximum absolute atomic E-state index is 5.73. The predicted molar refractivity (Wildman–Crippen MR) is 64.8 cm³/mol. The number of nitrogens with two attached hydrogens (primary N) is 1. The van der Waals surface area contributed by atoms with Crippen molar-refractivity contribution in [1.29, 1.82) is 0 Å². The van der Waals surface area contributed by atoms with E-state index in [-0.39, 0.29) is 0 Å². The second-order valence-corrected chi connectivity index (χ2v) is 3.53. The van der Waals surface area contributed by atoms with Gasteiger partial charge >= 0.3 is 89.8 Å². The molecule has 2 aromatic heterocycles. The van der Waals surface area contributed by atoms with Crippen LogP contribution in [0.15, 0.2) is 36.4 Å². The molecule has 15 heavy (non-hydrogen) atoms. The van der Waals surface area contributed by atoms with Crippen LogP contribution in [0.2, 0.25) is 0 Å². The molecule has 0 aromatic carbocycles. The average molecular weight is 196 g/mol. The molecule has 0 amide bonds. The summed E-state index contributed by atoms with van der Waals surface area (Å²) in [5, 5.41) is 0. The van der Waals surface area contributed by atoms with Gasteiger partial charge in [-0.1, -0.05) is 0 Å². The molecule has 2 nitrogen and oxygen atoms in total. The monoisotopic (exact) mass is 196 g/mol. The molecule has 0 bridgehead atoms. The van der Waals surface area contributed by atoms with Crippen molar-refractivity contribution in [2.75, 3.05) is 5.73 Å². The van der Waals surface area contributed by atoms with Crippen LogP contribution in [-0.2, 0) is 6.42 Å². The van der Waals surface area contributed by atoms with Gasteiger partial charge in [-0.3, -0.25) is 0 Å². The minimum absolute atomic E-state index is 0.752. The van der Waals surface area contributed by atoms with Crippen molar-refractivity contribution in [3.8, 4) is 11.2 Å². The third kappa shape index (κ3) is 2.24. The van der Waals surface area contributed by atoms with Crippen molar-refractivity contribution in [3.05, 3.63) is 42.0 Å². The van der Waals surface area contributed by atoms with Crippen LogP contribution >= 0.6 is 0 Å². The summed E-state index contributed by atoms with van der Waals surface area (Å²) in [4.78, 5) is 4.31. The fourth-order valence-corrected chi connectivity index (χ4v) is 1.56. The first-order valence-corrected chi connectivity index (χ1v) is 5.10. The molecule has 0 saturated carbocycles. The number of aromatic nitrogens is 1. The molecule has 3 heteroatoms. The summed E-state index contributed by atoms with van der Waals surface area (Å²) in [6.45, 7) is 4.20. The summed E-state index contributed by atoms with van der Waals surface area (Å²) in [7, 11) is 0. The van der Waals surface area contributed by atoms with E-state index >= 15 is 0 Å². The summed E-state index contributed by atoms with van der Waals surface area (Å²) in [5.41, 5.74) is 9.86. The molecule has 2 N–H and O–H groups in total. The van der Waals surface area contributed by atoms with Crippen molar-refractivity contribution >= 4 is 12.6 Å². The summed E-state index contributed by atoms with van der Waals surface area (Å²) >= 11 is 0. The predicted octanol–water partition coefficient (Wildman–Crippen LogP) is 2.23. The molecular weight excluding hydrogens is 183 g/mol. The van der Waals surface area contributed by atoms with Crippen molar-refractivity contribution < 1.29 is 0 Å². The third-order valence-electron chi connectivity index (χ3n) is 2.41. The first kappa shape index (κ1) is 9.90. The average Bonchev–Trinajstić information content (AvgIpc) is 2.29. The van der Waals surface area contributed by atoms with Crippen LogP contribution in [0, 0.1) is 0 Å². The molecule has 2 aromatic rings. The number of pyridine rings is 1. The van der Waals surface area contributed by atoms with E-state index in [2.05, 4.69) is 36.9 Å². The Morgan fingerprint density at radius 3 is 2.93 bits per heavy atom. The topological polar surface area (TPSA) is 38.9 Å². The number of anilines is 1. The zero-order chi connectivity index (χ0) is 10.7. The van der Waals surface area contributed by atoms with E-state index in [1.807, 2.05) is 6.07 Å². The zero-order valence-corrected chi connectivity index (χ0v) is 8.77. The van der Waals surface area contributed by atoms with Gasteiger partial charge in [-0.15, -0.1) is 0 Å². The molecule has 0 radical (unpaired) electrons. The Morgan fingerprint density at radius 2 is 2.20 bits per heavy atom. The Bertz CT molecular complexity index is 469. The van der Waals surface area contributed by atoms with Gasteiger partial charge in [-0.05, 0) is 0 Å². The Morgan fingerprint density at radius 1 is 1.33 bits per heavy atom. The fourth-order valence-electron chi connectivity index (χ4n) is 1.56. The molecule has 0 saturated heterocycles. The van der Waals surface area contributed by atoms with Gasteiger partial charge in [-0.25, -0.2) is 0 Å². The molecule has 0 fully saturated rings. The van der Waals surface area contributed by atoms with Gasteiger partial charge < -0.3 is 0 Å². The molecule has 0 aliphatic heterocycles. The summed E-state index contributed by atoms with van der Waals surface area (Å²) in [5.74, 6) is 2.05. The van der Waals surface area contributed by atoms with E-state index in [0.717, 1.165) is 23.3 Å². The minimum atomic E-state index is 0.752. The van der Waals surface area contributed by atoms with Crippen LogP contribution in [0.3, 0.4) is 0 Å². The molecular formula is C12H13BN2. The quantitative estimate of drug-likeness (QED) is 0.799. The number of hydrogen-bond acceptors (Lipinski definition) is 2. The van der Waals surface area contributed by atoms with E-state index in [1.54, 1.807) is 12.3 Å². The number of rotatable bonds is 2. The van der Waals surface area contributed by atoms with Gasteiger partial charge in [0.1, 0.15) is 0 Å². The van der Waals surface area contributed by atoms with Gasteiger partial charge in [0.15, 0.2) is 0 Å². The molecule has 74 valence electrons. The zero-order valence-electron chi connectivity index (χ0n) is 8.77. The third-order valence-corrected chi connectivity index (χ3v) is 2.41.